The Morgan fingerprint density at radius 1 is 1.09 bits per heavy atom. The van der Waals surface area contributed by atoms with Crippen LogP contribution in [0.25, 0.3) is 5.65 Å². The van der Waals surface area contributed by atoms with Gasteiger partial charge in [0, 0.05) is 24.0 Å². The van der Waals surface area contributed by atoms with E-state index in [4.69, 9.17) is 16.3 Å². The fraction of sp³-hybridized carbons (Fsp3) is 0.192. The lowest BCUT2D eigenvalue weighted by molar-refractivity contribution is 0.0941. The third-order valence-electron chi connectivity index (χ3n) is 5.13. The lowest BCUT2D eigenvalue weighted by Crippen LogP contribution is -2.30. The van der Waals surface area contributed by atoms with Crippen LogP contribution in [0.1, 0.15) is 45.8 Å². The van der Waals surface area contributed by atoms with Gasteiger partial charge in [0.1, 0.15) is 18.0 Å². The van der Waals surface area contributed by atoms with Crippen LogP contribution in [0.2, 0.25) is 5.02 Å². The van der Waals surface area contributed by atoms with E-state index < -0.39 is 5.91 Å². The van der Waals surface area contributed by atoms with E-state index in [9.17, 15) is 9.59 Å². The summed E-state index contributed by atoms with van der Waals surface area (Å²) in [5.74, 6) is -0.225. The van der Waals surface area contributed by atoms with Gasteiger partial charge in [-0.1, -0.05) is 29.8 Å². The molecule has 0 saturated carbocycles. The minimum Gasteiger partial charge on any atom is -0.486 e. The van der Waals surface area contributed by atoms with Crippen LogP contribution in [0, 0.1) is 6.92 Å². The molecule has 2 aromatic heterocycles. The molecule has 0 saturated heterocycles. The summed E-state index contributed by atoms with van der Waals surface area (Å²) in [7, 11) is 0. The van der Waals surface area contributed by atoms with Crippen LogP contribution in [0.3, 0.4) is 0 Å². The summed E-state index contributed by atoms with van der Waals surface area (Å²) in [6.07, 6.45) is 3.83. The molecular formula is C26H25ClN4O3. The zero-order chi connectivity index (χ0) is 24.2. The number of amides is 2. The van der Waals surface area contributed by atoms with Crippen molar-refractivity contribution in [3.05, 3.63) is 94.4 Å². The number of hydrogen-bond donors (Lipinski definition) is 2. The van der Waals surface area contributed by atoms with Crippen molar-refractivity contribution < 1.29 is 14.3 Å². The highest BCUT2D eigenvalue weighted by Crippen LogP contribution is 2.26. The Morgan fingerprint density at radius 2 is 1.88 bits per heavy atom. The van der Waals surface area contributed by atoms with E-state index in [1.807, 2.05) is 49.7 Å². The van der Waals surface area contributed by atoms with Gasteiger partial charge in [-0.3, -0.25) is 9.59 Å². The first-order valence-electron chi connectivity index (χ1n) is 10.9. The van der Waals surface area contributed by atoms with Gasteiger partial charge in [-0.2, -0.15) is 0 Å². The van der Waals surface area contributed by atoms with Crippen molar-refractivity contribution in [3.8, 4) is 5.75 Å². The molecule has 2 aromatic carbocycles. The van der Waals surface area contributed by atoms with Gasteiger partial charge in [0.2, 0.25) is 0 Å². The number of hydrogen-bond acceptors (Lipinski definition) is 4. The summed E-state index contributed by atoms with van der Waals surface area (Å²) in [6.45, 7) is 5.96. The molecule has 0 unspecified atom stereocenters. The number of pyridine rings is 1. The number of anilines is 1. The molecule has 4 aromatic rings. The number of imidazole rings is 1. The molecule has 2 amide bonds. The minimum absolute atomic E-state index is 0.0120. The van der Waals surface area contributed by atoms with E-state index in [0.717, 1.165) is 16.9 Å². The van der Waals surface area contributed by atoms with Gasteiger partial charge in [0.15, 0.2) is 0 Å². The third kappa shape index (κ3) is 5.21. The smallest absolute Gasteiger partial charge is 0.259 e. The summed E-state index contributed by atoms with van der Waals surface area (Å²) < 4.78 is 7.90. The largest absolute Gasteiger partial charge is 0.486 e. The van der Waals surface area contributed by atoms with E-state index in [-0.39, 0.29) is 18.6 Å². The molecule has 8 heteroatoms. The topological polar surface area (TPSA) is 84.7 Å². The van der Waals surface area contributed by atoms with Gasteiger partial charge >= 0.3 is 0 Å². The highest BCUT2D eigenvalue weighted by atomic mass is 35.5. The van der Waals surface area contributed by atoms with E-state index in [1.165, 1.54) is 0 Å². The van der Waals surface area contributed by atoms with Gasteiger partial charge < -0.3 is 19.8 Å². The number of halogens is 1. The van der Waals surface area contributed by atoms with Crippen LogP contribution in [0.4, 0.5) is 5.69 Å². The van der Waals surface area contributed by atoms with E-state index in [2.05, 4.69) is 15.6 Å². The summed E-state index contributed by atoms with van der Waals surface area (Å²) in [6, 6.07) is 15.6. The SMILES string of the molecule is Cc1cccn2cc(COc3ccccc3C(=O)Nc3cc(C(=O)NC(C)C)ccc3Cl)nc12. The van der Waals surface area contributed by atoms with Crippen LogP contribution in [0.15, 0.2) is 67.0 Å². The van der Waals surface area contributed by atoms with Crippen molar-refractivity contribution in [1.29, 1.82) is 0 Å². The molecule has 0 aliphatic heterocycles. The van der Waals surface area contributed by atoms with E-state index in [0.29, 0.717) is 27.6 Å². The normalized spacial score (nSPS) is 11.0. The van der Waals surface area contributed by atoms with Crippen molar-refractivity contribution in [2.24, 2.45) is 0 Å². The minimum atomic E-state index is -0.398. The average molecular weight is 477 g/mol. The monoisotopic (exact) mass is 476 g/mol. The van der Waals surface area contributed by atoms with Crippen molar-refractivity contribution in [2.75, 3.05) is 5.32 Å². The molecule has 2 heterocycles. The van der Waals surface area contributed by atoms with Crippen LogP contribution >= 0.6 is 11.6 Å². The Morgan fingerprint density at radius 3 is 2.65 bits per heavy atom. The number of aromatic nitrogens is 2. The number of nitrogens with one attached hydrogen (secondary N) is 2. The fourth-order valence-corrected chi connectivity index (χ4v) is 3.67. The maximum Gasteiger partial charge on any atom is 0.259 e. The molecule has 2 N–H and O–H groups in total. The Kier molecular flexibility index (Phi) is 6.84. The lowest BCUT2D eigenvalue weighted by Gasteiger charge is -2.13. The molecule has 174 valence electrons. The molecular weight excluding hydrogens is 452 g/mol. The van der Waals surface area contributed by atoms with Crippen molar-refractivity contribution in [2.45, 2.75) is 33.4 Å². The molecule has 0 atom stereocenters. The summed E-state index contributed by atoms with van der Waals surface area (Å²) in [5.41, 5.74) is 3.76. The molecule has 7 nitrogen and oxygen atoms in total. The first-order chi connectivity index (χ1) is 16.3. The van der Waals surface area contributed by atoms with Crippen LogP contribution in [-0.4, -0.2) is 27.2 Å². The van der Waals surface area contributed by atoms with Crippen molar-refractivity contribution in [1.82, 2.24) is 14.7 Å². The Balaban J connectivity index is 1.51. The zero-order valence-electron chi connectivity index (χ0n) is 19.1. The first kappa shape index (κ1) is 23.3. The predicted molar refractivity (Wildman–Crippen MR) is 133 cm³/mol. The number of carbonyl (C=O) groups excluding carboxylic acids is 2. The standard InChI is InChI=1S/C26H25ClN4O3/c1-16(2)28-25(32)18-10-11-21(27)22(13-18)30-26(33)20-8-4-5-9-23(20)34-15-19-14-31-12-6-7-17(3)24(31)29-19/h4-14,16H,15H2,1-3H3,(H,28,32)(H,30,33). The number of para-hydroxylation sites is 1. The van der Waals surface area contributed by atoms with Crippen LogP contribution in [0.5, 0.6) is 5.75 Å². The van der Waals surface area contributed by atoms with Gasteiger partial charge in [0.25, 0.3) is 11.8 Å². The van der Waals surface area contributed by atoms with Crippen molar-refractivity contribution >= 4 is 34.7 Å². The molecule has 0 spiro atoms. The third-order valence-corrected chi connectivity index (χ3v) is 5.46. The molecule has 0 fully saturated rings. The number of nitrogens with zero attached hydrogens (tertiary/aromatic N) is 2. The maximum absolute atomic E-state index is 13.1. The highest BCUT2D eigenvalue weighted by Gasteiger charge is 2.16. The highest BCUT2D eigenvalue weighted by molar-refractivity contribution is 6.34. The van der Waals surface area contributed by atoms with Crippen LogP contribution in [-0.2, 0) is 6.61 Å². The molecule has 0 bridgehead atoms. The second kappa shape index (κ2) is 9.97. The summed E-state index contributed by atoms with van der Waals surface area (Å²) in [5, 5.41) is 5.94. The molecule has 0 aliphatic carbocycles. The molecule has 34 heavy (non-hydrogen) atoms. The number of fused-ring (bicyclic) bond motifs is 1. The molecule has 4 rings (SSSR count). The zero-order valence-corrected chi connectivity index (χ0v) is 19.9. The van der Waals surface area contributed by atoms with Gasteiger partial charge in [0.05, 0.1) is 22.0 Å². The maximum atomic E-state index is 13.1. The van der Waals surface area contributed by atoms with Gasteiger partial charge in [-0.15, -0.1) is 0 Å². The Labute approximate surface area is 202 Å². The number of aryl methyl sites for hydroxylation is 1. The van der Waals surface area contributed by atoms with Gasteiger partial charge in [-0.05, 0) is 62.7 Å². The Hall–Kier alpha value is -3.84. The van der Waals surface area contributed by atoms with Crippen molar-refractivity contribution in [3.63, 3.8) is 0 Å². The second-order valence-electron chi connectivity index (χ2n) is 8.22. The fourth-order valence-electron chi connectivity index (χ4n) is 3.50. The lowest BCUT2D eigenvalue weighted by atomic mass is 10.1. The molecule has 0 radical (unpaired) electrons. The average Bonchev–Trinajstić information content (AvgIpc) is 3.23. The second-order valence-corrected chi connectivity index (χ2v) is 8.62. The number of ether oxygens (including phenoxy) is 1. The predicted octanol–water partition coefficient (Wildman–Crippen LogP) is 5.27. The number of benzene rings is 2. The van der Waals surface area contributed by atoms with E-state index in [1.54, 1.807) is 42.5 Å². The van der Waals surface area contributed by atoms with Crippen LogP contribution < -0.4 is 15.4 Å². The summed E-state index contributed by atoms with van der Waals surface area (Å²) >= 11 is 6.28. The quantitative estimate of drug-likeness (QED) is 0.380. The number of rotatable bonds is 7. The molecule has 0 aliphatic rings. The first-order valence-corrected chi connectivity index (χ1v) is 11.3. The summed E-state index contributed by atoms with van der Waals surface area (Å²) in [4.78, 5) is 30.0. The Bertz CT molecular complexity index is 1360. The van der Waals surface area contributed by atoms with Gasteiger partial charge in [-0.25, -0.2) is 4.98 Å². The number of carbonyl (C=O) groups is 2. The van der Waals surface area contributed by atoms with E-state index >= 15 is 0 Å².